The second-order valence-electron chi connectivity index (χ2n) is 4.39. The highest BCUT2D eigenvalue weighted by atomic mass is 79.9. The first-order valence-electron chi connectivity index (χ1n) is 5.81. The van der Waals surface area contributed by atoms with E-state index in [4.69, 9.17) is 4.74 Å². The zero-order chi connectivity index (χ0) is 12.3. The van der Waals surface area contributed by atoms with E-state index in [2.05, 4.69) is 21.2 Å². The largest absolute Gasteiger partial charge is 0.381 e. The Morgan fingerprint density at radius 3 is 3.06 bits per heavy atom. The van der Waals surface area contributed by atoms with Gasteiger partial charge in [0, 0.05) is 11.1 Å². The van der Waals surface area contributed by atoms with Gasteiger partial charge in [-0.15, -0.1) is 0 Å². The molecule has 17 heavy (non-hydrogen) atoms. The molecule has 3 nitrogen and oxygen atoms in total. The quantitative estimate of drug-likeness (QED) is 0.911. The third-order valence-corrected chi connectivity index (χ3v) is 3.60. The maximum atomic E-state index is 12.0. The van der Waals surface area contributed by atoms with Crippen molar-refractivity contribution in [1.82, 2.24) is 0 Å². The van der Waals surface area contributed by atoms with Crippen molar-refractivity contribution in [3.8, 4) is 0 Å². The summed E-state index contributed by atoms with van der Waals surface area (Å²) >= 11 is 3.44. The molecule has 1 aliphatic rings. The van der Waals surface area contributed by atoms with Crippen LogP contribution in [-0.4, -0.2) is 19.1 Å². The topological polar surface area (TPSA) is 38.3 Å². The van der Waals surface area contributed by atoms with Gasteiger partial charge >= 0.3 is 0 Å². The molecule has 1 amide bonds. The molecule has 1 aromatic carbocycles. The molecule has 0 saturated carbocycles. The van der Waals surface area contributed by atoms with E-state index in [1.54, 1.807) is 0 Å². The number of amides is 1. The molecule has 1 aliphatic heterocycles. The fraction of sp³-hybridized carbons (Fsp3) is 0.462. The van der Waals surface area contributed by atoms with Crippen molar-refractivity contribution in [2.45, 2.75) is 19.8 Å². The fourth-order valence-electron chi connectivity index (χ4n) is 1.92. The van der Waals surface area contributed by atoms with E-state index in [1.807, 2.05) is 25.1 Å². The Hall–Kier alpha value is -0.870. The van der Waals surface area contributed by atoms with E-state index in [0.717, 1.165) is 35.2 Å². The van der Waals surface area contributed by atoms with Gasteiger partial charge in [0.2, 0.25) is 5.91 Å². The van der Waals surface area contributed by atoms with Crippen LogP contribution in [-0.2, 0) is 9.53 Å². The van der Waals surface area contributed by atoms with Crippen LogP contribution in [0.25, 0.3) is 0 Å². The van der Waals surface area contributed by atoms with Crippen molar-refractivity contribution in [3.63, 3.8) is 0 Å². The first-order valence-corrected chi connectivity index (χ1v) is 6.61. The SMILES string of the molecule is Cc1ccc(Br)c(NC(=O)C2CCCOC2)c1. The minimum absolute atomic E-state index is 0.0174. The van der Waals surface area contributed by atoms with E-state index in [9.17, 15) is 4.79 Å². The van der Waals surface area contributed by atoms with Crippen molar-refractivity contribution in [2.75, 3.05) is 18.5 Å². The molecule has 0 aliphatic carbocycles. The van der Waals surface area contributed by atoms with Crippen LogP contribution in [0.2, 0.25) is 0 Å². The number of carbonyl (C=O) groups is 1. The maximum Gasteiger partial charge on any atom is 0.229 e. The number of aryl methyl sites for hydroxylation is 1. The summed E-state index contributed by atoms with van der Waals surface area (Å²) in [6.45, 7) is 3.32. The Morgan fingerprint density at radius 1 is 1.53 bits per heavy atom. The predicted octanol–water partition coefficient (Wildman–Crippen LogP) is 3.12. The van der Waals surface area contributed by atoms with Gasteiger partial charge in [-0.2, -0.15) is 0 Å². The number of anilines is 1. The molecule has 1 atom stereocenters. The van der Waals surface area contributed by atoms with E-state index in [-0.39, 0.29) is 11.8 Å². The molecular weight excluding hydrogens is 282 g/mol. The van der Waals surface area contributed by atoms with Crippen LogP contribution in [0.5, 0.6) is 0 Å². The van der Waals surface area contributed by atoms with Gasteiger partial charge in [0.1, 0.15) is 0 Å². The van der Waals surface area contributed by atoms with Crippen LogP contribution in [0.1, 0.15) is 18.4 Å². The number of hydrogen-bond acceptors (Lipinski definition) is 2. The van der Waals surface area contributed by atoms with Gasteiger partial charge in [0.25, 0.3) is 0 Å². The Morgan fingerprint density at radius 2 is 2.35 bits per heavy atom. The molecule has 1 heterocycles. The zero-order valence-electron chi connectivity index (χ0n) is 9.83. The van der Waals surface area contributed by atoms with Gasteiger partial charge in [0.05, 0.1) is 18.2 Å². The molecule has 1 unspecified atom stereocenters. The minimum Gasteiger partial charge on any atom is -0.381 e. The van der Waals surface area contributed by atoms with Gasteiger partial charge < -0.3 is 10.1 Å². The van der Waals surface area contributed by atoms with Gasteiger partial charge in [-0.05, 0) is 53.4 Å². The Labute approximate surface area is 110 Å². The van der Waals surface area contributed by atoms with E-state index < -0.39 is 0 Å². The second kappa shape index (κ2) is 5.65. The minimum atomic E-state index is -0.0174. The molecular formula is C13H16BrNO2. The summed E-state index contributed by atoms with van der Waals surface area (Å²) in [6, 6.07) is 5.91. The first-order chi connectivity index (χ1) is 8.16. The van der Waals surface area contributed by atoms with Crippen LogP contribution in [0.4, 0.5) is 5.69 Å². The van der Waals surface area contributed by atoms with Crippen LogP contribution in [0, 0.1) is 12.8 Å². The third-order valence-electron chi connectivity index (χ3n) is 2.91. The Bertz CT molecular complexity index is 414. The van der Waals surface area contributed by atoms with Crippen molar-refractivity contribution < 1.29 is 9.53 Å². The lowest BCUT2D eigenvalue weighted by Crippen LogP contribution is -2.30. The average molecular weight is 298 g/mol. The summed E-state index contributed by atoms with van der Waals surface area (Å²) in [6.07, 6.45) is 1.88. The molecule has 92 valence electrons. The summed E-state index contributed by atoms with van der Waals surface area (Å²) in [5.74, 6) is 0.0344. The smallest absolute Gasteiger partial charge is 0.229 e. The fourth-order valence-corrected chi connectivity index (χ4v) is 2.26. The van der Waals surface area contributed by atoms with E-state index >= 15 is 0 Å². The maximum absolute atomic E-state index is 12.0. The van der Waals surface area contributed by atoms with Crippen molar-refractivity contribution in [2.24, 2.45) is 5.92 Å². The van der Waals surface area contributed by atoms with E-state index in [0.29, 0.717) is 6.61 Å². The average Bonchev–Trinajstić information content (AvgIpc) is 2.35. The molecule has 0 spiro atoms. The molecule has 1 N–H and O–H groups in total. The van der Waals surface area contributed by atoms with Crippen molar-refractivity contribution >= 4 is 27.5 Å². The number of carbonyl (C=O) groups excluding carboxylic acids is 1. The van der Waals surface area contributed by atoms with Crippen molar-refractivity contribution in [3.05, 3.63) is 28.2 Å². The van der Waals surface area contributed by atoms with Crippen LogP contribution < -0.4 is 5.32 Å². The van der Waals surface area contributed by atoms with E-state index in [1.165, 1.54) is 0 Å². The molecule has 0 bridgehead atoms. The molecule has 2 rings (SSSR count). The summed E-state index contributed by atoms with van der Waals surface area (Å²) in [5.41, 5.74) is 1.96. The zero-order valence-corrected chi connectivity index (χ0v) is 11.4. The van der Waals surface area contributed by atoms with Crippen LogP contribution >= 0.6 is 15.9 Å². The highest BCUT2D eigenvalue weighted by molar-refractivity contribution is 9.10. The monoisotopic (exact) mass is 297 g/mol. The summed E-state index contributed by atoms with van der Waals surface area (Å²) in [7, 11) is 0. The van der Waals surface area contributed by atoms with Gasteiger partial charge in [-0.1, -0.05) is 6.07 Å². The number of halogens is 1. The lowest BCUT2D eigenvalue weighted by molar-refractivity contribution is -0.123. The molecule has 0 aromatic heterocycles. The lowest BCUT2D eigenvalue weighted by atomic mass is 10.0. The second-order valence-corrected chi connectivity index (χ2v) is 5.24. The Kier molecular flexibility index (Phi) is 4.18. The van der Waals surface area contributed by atoms with Crippen LogP contribution in [0.3, 0.4) is 0 Å². The number of rotatable bonds is 2. The number of hydrogen-bond donors (Lipinski definition) is 1. The highest BCUT2D eigenvalue weighted by Gasteiger charge is 2.22. The van der Waals surface area contributed by atoms with Gasteiger partial charge in [-0.3, -0.25) is 4.79 Å². The standard InChI is InChI=1S/C13H16BrNO2/c1-9-4-5-11(14)12(7-9)15-13(16)10-3-2-6-17-8-10/h4-5,7,10H,2-3,6,8H2,1H3,(H,15,16). The van der Waals surface area contributed by atoms with Crippen LogP contribution in [0.15, 0.2) is 22.7 Å². The first kappa shape index (κ1) is 12.6. The Balaban J connectivity index is 2.04. The summed E-state index contributed by atoms with van der Waals surface area (Å²) in [5, 5.41) is 2.95. The highest BCUT2D eigenvalue weighted by Crippen LogP contribution is 2.25. The number of nitrogens with one attached hydrogen (secondary N) is 1. The summed E-state index contributed by atoms with van der Waals surface area (Å²) < 4.78 is 6.23. The number of ether oxygens (including phenoxy) is 1. The molecule has 1 aromatic rings. The van der Waals surface area contributed by atoms with Gasteiger partial charge in [0.15, 0.2) is 0 Å². The third kappa shape index (κ3) is 3.30. The lowest BCUT2D eigenvalue weighted by Gasteiger charge is -2.21. The predicted molar refractivity (Wildman–Crippen MR) is 71.1 cm³/mol. The summed E-state index contributed by atoms with van der Waals surface area (Å²) in [4.78, 5) is 12.0. The molecule has 1 saturated heterocycles. The molecule has 1 fully saturated rings. The van der Waals surface area contributed by atoms with Crippen molar-refractivity contribution in [1.29, 1.82) is 0 Å². The molecule has 4 heteroatoms. The normalized spacial score (nSPS) is 20.0. The number of benzene rings is 1. The molecule has 0 radical (unpaired) electrons. The van der Waals surface area contributed by atoms with Gasteiger partial charge in [-0.25, -0.2) is 0 Å².